The number of alkyl halides is 3. The van der Waals surface area contributed by atoms with Gasteiger partial charge in [-0.2, -0.15) is 18.3 Å². The molecule has 0 N–H and O–H groups in total. The molecule has 1 fully saturated rings. The predicted molar refractivity (Wildman–Crippen MR) is 97.2 cm³/mol. The number of hydrogen-bond acceptors (Lipinski definition) is 5. The van der Waals surface area contributed by atoms with Crippen molar-refractivity contribution in [2.75, 3.05) is 6.54 Å². The summed E-state index contributed by atoms with van der Waals surface area (Å²) in [6.07, 6.45) is -3.16. The zero-order valence-corrected chi connectivity index (χ0v) is 16.1. The van der Waals surface area contributed by atoms with Crippen LogP contribution >= 0.6 is 11.3 Å². The van der Waals surface area contributed by atoms with Crippen LogP contribution in [0.3, 0.4) is 0 Å². The third-order valence-electron chi connectivity index (χ3n) is 4.85. The zero-order chi connectivity index (χ0) is 20.1. The minimum Gasteiger partial charge on any atom is -0.329 e. The molecule has 3 aromatic rings. The van der Waals surface area contributed by atoms with Crippen molar-refractivity contribution in [3.8, 4) is 0 Å². The Hall–Kier alpha value is -2.49. The summed E-state index contributed by atoms with van der Waals surface area (Å²) in [5.74, 6) is -0.383. The van der Waals surface area contributed by atoms with Crippen LogP contribution in [0.25, 0.3) is 5.65 Å². The van der Waals surface area contributed by atoms with Crippen molar-refractivity contribution in [2.45, 2.75) is 44.8 Å². The summed E-state index contributed by atoms with van der Waals surface area (Å²) in [5.41, 5.74) is 1.98. The molecule has 0 aliphatic carbocycles. The Morgan fingerprint density at radius 3 is 2.75 bits per heavy atom. The Bertz CT molecular complexity index is 1010. The molecule has 0 radical (unpaired) electrons. The first-order valence-electron chi connectivity index (χ1n) is 8.92. The molecule has 28 heavy (non-hydrogen) atoms. The van der Waals surface area contributed by atoms with E-state index in [0.29, 0.717) is 30.0 Å². The second-order valence-electron chi connectivity index (χ2n) is 7.09. The third-order valence-corrected chi connectivity index (χ3v) is 5.44. The van der Waals surface area contributed by atoms with Gasteiger partial charge in [0.2, 0.25) is 0 Å². The van der Waals surface area contributed by atoms with Gasteiger partial charge in [-0.1, -0.05) is 13.8 Å². The summed E-state index contributed by atoms with van der Waals surface area (Å²) in [4.78, 5) is 22.7. The van der Waals surface area contributed by atoms with E-state index in [1.165, 1.54) is 11.3 Å². The first kappa shape index (κ1) is 18.9. The summed E-state index contributed by atoms with van der Waals surface area (Å²) >= 11 is 1.32. The zero-order valence-electron chi connectivity index (χ0n) is 15.3. The van der Waals surface area contributed by atoms with Crippen molar-refractivity contribution in [3.05, 3.63) is 45.8 Å². The maximum Gasteiger partial charge on any atom is 0.433 e. The summed E-state index contributed by atoms with van der Waals surface area (Å²) < 4.78 is 41.6. The van der Waals surface area contributed by atoms with Crippen molar-refractivity contribution in [1.82, 2.24) is 24.5 Å². The first-order valence-corrected chi connectivity index (χ1v) is 9.87. The van der Waals surface area contributed by atoms with Crippen LogP contribution in [0.2, 0.25) is 0 Å². The molecule has 1 amide bonds. The van der Waals surface area contributed by atoms with Crippen LogP contribution in [-0.4, -0.2) is 36.9 Å². The van der Waals surface area contributed by atoms with Crippen molar-refractivity contribution >= 4 is 22.9 Å². The van der Waals surface area contributed by atoms with Gasteiger partial charge in [0.25, 0.3) is 5.91 Å². The minimum atomic E-state index is -4.56. The van der Waals surface area contributed by atoms with Crippen LogP contribution in [0.4, 0.5) is 13.2 Å². The van der Waals surface area contributed by atoms with E-state index in [4.69, 9.17) is 0 Å². The van der Waals surface area contributed by atoms with Crippen LogP contribution in [0, 0.1) is 0 Å². The molecule has 3 aromatic heterocycles. The predicted octanol–water partition coefficient (Wildman–Crippen LogP) is 4.31. The average Bonchev–Trinajstić information content (AvgIpc) is 3.38. The lowest BCUT2D eigenvalue weighted by Crippen LogP contribution is -2.31. The maximum atomic E-state index is 13.6. The highest BCUT2D eigenvalue weighted by Crippen LogP contribution is 2.35. The average molecular weight is 409 g/mol. The normalized spacial score (nSPS) is 17.8. The summed E-state index contributed by atoms with van der Waals surface area (Å²) in [7, 11) is 0. The highest BCUT2D eigenvalue weighted by atomic mass is 32.1. The number of carbonyl (C=O) groups is 1. The van der Waals surface area contributed by atoms with Gasteiger partial charge in [0.05, 0.1) is 17.2 Å². The summed E-state index contributed by atoms with van der Waals surface area (Å²) in [5, 5.41) is 5.86. The van der Waals surface area contributed by atoms with E-state index in [-0.39, 0.29) is 23.5 Å². The van der Waals surface area contributed by atoms with Crippen molar-refractivity contribution in [1.29, 1.82) is 0 Å². The van der Waals surface area contributed by atoms with Crippen molar-refractivity contribution < 1.29 is 18.0 Å². The van der Waals surface area contributed by atoms with Gasteiger partial charge in [-0.25, -0.2) is 14.5 Å². The third kappa shape index (κ3) is 3.25. The standard InChI is InChI=1S/C18H18F3N5OS/c1-10(2)11-6-15(18(19,20)21)26-16(23-11)7-12(24-26)14-4-3-5-25(14)17(27)13-8-28-9-22-13/h6-10,14H,3-5H2,1-2H3/t14-/m0/s1. The monoisotopic (exact) mass is 409 g/mol. The molecule has 10 heteroatoms. The van der Waals surface area contributed by atoms with Crippen molar-refractivity contribution in [2.24, 2.45) is 0 Å². The van der Waals surface area contributed by atoms with Gasteiger partial charge in [-0.15, -0.1) is 11.3 Å². The van der Waals surface area contributed by atoms with Gasteiger partial charge in [-0.3, -0.25) is 4.79 Å². The molecule has 148 valence electrons. The first-order chi connectivity index (χ1) is 13.3. The van der Waals surface area contributed by atoms with Gasteiger partial charge in [0, 0.05) is 23.7 Å². The summed E-state index contributed by atoms with van der Waals surface area (Å²) in [6, 6.07) is 2.21. The Kier molecular flexibility index (Phi) is 4.60. The van der Waals surface area contributed by atoms with Gasteiger partial charge in [0.15, 0.2) is 5.65 Å². The molecule has 0 spiro atoms. The molecule has 0 bridgehead atoms. The fourth-order valence-corrected chi connectivity index (χ4v) is 3.98. The molecule has 1 atom stereocenters. The highest BCUT2D eigenvalue weighted by molar-refractivity contribution is 7.07. The SMILES string of the molecule is CC(C)c1cc(C(F)(F)F)n2nc([C@@H]3CCCN3C(=O)c3cscn3)cc2n1. The largest absolute Gasteiger partial charge is 0.433 e. The van der Waals surface area contributed by atoms with Crippen LogP contribution < -0.4 is 0 Å². The molecule has 0 saturated carbocycles. The topological polar surface area (TPSA) is 63.4 Å². The van der Waals surface area contributed by atoms with Crippen LogP contribution in [0.1, 0.15) is 66.2 Å². The second kappa shape index (κ2) is 6.84. The number of aromatic nitrogens is 4. The second-order valence-corrected chi connectivity index (χ2v) is 7.81. The van der Waals surface area contributed by atoms with Gasteiger partial charge >= 0.3 is 6.18 Å². The lowest BCUT2D eigenvalue weighted by atomic mass is 10.1. The van der Waals surface area contributed by atoms with E-state index in [9.17, 15) is 18.0 Å². The molecular weight excluding hydrogens is 391 g/mol. The summed E-state index contributed by atoms with van der Waals surface area (Å²) in [6.45, 7) is 4.11. The fraction of sp³-hybridized carbons (Fsp3) is 0.444. The molecule has 1 saturated heterocycles. The van der Waals surface area contributed by atoms with Gasteiger partial charge in [0.1, 0.15) is 11.4 Å². The Labute approximate surface area is 163 Å². The number of rotatable bonds is 3. The number of amides is 1. The molecule has 0 unspecified atom stereocenters. The molecule has 0 aromatic carbocycles. The van der Waals surface area contributed by atoms with Gasteiger partial charge in [-0.05, 0) is 24.8 Å². The minimum absolute atomic E-state index is 0.140. The number of likely N-dealkylation sites (tertiary alicyclic amines) is 1. The number of halogens is 3. The van der Waals surface area contributed by atoms with E-state index in [1.807, 2.05) is 0 Å². The number of hydrogen-bond donors (Lipinski definition) is 0. The van der Waals surface area contributed by atoms with E-state index < -0.39 is 11.9 Å². The number of thiazole rings is 1. The smallest absolute Gasteiger partial charge is 0.329 e. The quantitative estimate of drug-likeness (QED) is 0.647. The number of fused-ring (bicyclic) bond motifs is 1. The Balaban J connectivity index is 1.78. The van der Waals surface area contributed by atoms with E-state index in [0.717, 1.165) is 17.0 Å². The van der Waals surface area contributed by atoms with E-state index in [2.05, 4.69) is 15.1 Å². The molecule has 1 aliphatic rings. The number of nitrogens with zero attached hydrogens (tertiary/aromatic N) is 5. The lowest BCUT2D eigenvalue weighted by molar-refractivity contribution is -0.142. The molecule has 4 rings (SSSR count). The lowest BCUT2D eigenvalue weighted by Gasteiger charge is -2.22. The van der Waals surface area contributed by atoms with Crippen LogP contribution in [0.15, 0.2) is 23.0 Å². The van der Waals surface area contributed by atoms with Crippen molar-refractivity contribution in [3.63, 3.8) is 0 Å². The van der Waals surface area contributed by atoms with Crippen LogP contribution in [-0.2, 0) is 6.18 Å². The maximum absolute atomic E-state index is 13.6. The molecule has 6 nitrogen and oxygen atoms in total. The van der Waals surface area contributed by atoms with Crippen LogP contribution in [0.5, 0.6) is 0 Å². The molecule has 4 heterocycles. The molecular formula is C18H18F3N5OS. The number of carbonyl (C=O) groups excluding carboxylic acids is 1. The Morgan fingerprint density at radius 1 is 1.32 bits per heavy atom. The Morgan fingerprint density at radius 2 is 2.11 bits per heavy atom. The molecule has 1 aliphatic heterocycles. The van der Waals surface area contributed by atoms with E-state index in [1.54, 1.807) is 35.7 Å². The van der Waals surface area contributed by atoms with Gasteiger partial charge < -0.3 is 4.90 Å². The van der Waals surface area contributed by atoms with E-state index >= 15 is 0 Å². The fourth-order valence-electron chi connectivity index (χ4n) is 3.45. The highest BCUT2D eigenvalue weighted by Gasteiger charge is 2.37.